The monoisotopic (exact) mass is 184 g/mol. The second-order valence-electron chi connectivity index (χ2n) is 4.22. The summed E-state index contributed by atoms with van der Waals surface area (Å²) >= 11 is 0. The SMILES string of the molecule is CC(C)C1(C(N)=O)C[CH]C(O)CC1. The summed E-state index contributed by atoms with van der Waals surface area (Å²) in [4.78, 5) is 11.3. The van der Waals surface area contributed by atoms with Crippen LogP contribution in [0.5, 0.6) is 0 Å². The Kier molecular flexibility index (Phi) is 2.96. The number of hydrogen-bond donors (Lipinski definition) is 2. The van der Waals surface area contributed by atoms with E-state index in [9.17, 15) is 9.90 Å². The minimum Gasteiger partial charge on any atom is -0.393 e. The predicted molar refractivity (Wildman–Crippen MR) is 50.6 cm³/mol. The van der Waals surface area contributed by atoms with E-state index in [0.717, 1.165) is 0 Å². The molecule has 1 amide bonds. The van der Waals surface area contributed by atoms with Crippen molar-refractivity contribution in [1.82, 2.24) is 0 Å². The third-order valence-corrected chi connectivity index (χ3v) is 3.24. The smallest absolute Gasteiger partial charge is 0.223 e. The van der Waals surface area contributed by atoms with E-state index in [1.807, 2.05) is 13.8 Å². The highest BCUT2D eigenvalue weighted by atomic mass is 16.3. The van der Waals surface area contributed by atoms with Crippen molar-refractivity contribution in [3.05, 3.63) is 6.42 Å². The Morgan fingerprint density at radius 2 is 2.31 bits per heavy atom. The molecule has 75 valence electrons. The van der Waals surface area contributed by atoms with E-state index in [1.54, 1.807) is 6.42 Å². The number of primary amides is 1. The quantitative estimate of drug-likeness (QED) is 0.668. The van der Waals surface area contributed by atoms with Crippen LogP contribution < -0.4 is 5.73 Å². The van der Waals surface area contributed by atoms with E-state index >= 15 is 0 Å². The standard InChI is InChI=1S/C10H18NO2/c1-7(2)10(9(11)13)5-3-8(12)4-6-10/h3,7-8,12H,4-6H2,1-2H3,(H2,11,13). The highest BCUT2D eigenvalue weighted by Crippen LogP contribution is 2.41. The van der Waals surface area contributed by atoms with Gasteiger partial charge >= 0.3 is 0 Å². The number of hydrogen-bond acceptors (Lipinski definition) is 2. The fourth-order valence-electron chi connectivity index (χ4n) is 2.00. The van der Waals surface area contributed by atoms with Gasteiger partial charge in [0.05, 0.1) is 11.5 Å². The van der Waals surface area contributed by atoms with Crippen LogP contribution in [-0.2, 0) is 4.79 Å². The van der Waals surface area contributed by atoms with Gasteiger partial charge < -0.3 is 10.8 Å². The van der Waals surface area contributed by atoms with Crippen LogP contribution in [-0.4, -0.2) is 17.1 Å². The largest absolute Gasteiger partial charge is 0.393 e. The summed E-state index contributed by atoms with van der Waals surface area (Å²) < 4.78 is 0. The average molecular weight is 184 g/mol. The predicted octanol–water partition coefficient (Wildman–Crippen LogP) is 0.863. The average Bonchev–Trinajstić information content (AvgIpc) is 2.04. The Balaban J connectivity index is 2.75. The molecule has 0 aromatic rings. The highest BCUT2D eigenvalue weighted by Gasteiger charge is 2.42. The van der Waals surface area contributed by atoms with Gasteiger partial charge in [-0.1, -0.05) is 13.8 Å². The van der Waals surface area contributed by atoms with Crippen molar-refractivity contribution in [2.45, 2.75) is 39.2 Å². The third-order valence-electron chi connectivity index (χ3n) is 3.24. The van der Waals surface area contributed by atoms with Gasteiger partial charge in [0.2, 0.25) is 5.91 Å². The number of rotatable bonds is 2. The van der Waals surface area contributed by atoms with E-state index in [-0.39, 0.29) is 17.9 Å². The Morgan fingerprint density at radius 1 is 1.69 bits per heavy atom. The molecule has 1 rings (SSSR count). The van der Waals surface area contributed by atoms with Gasteiger partial charge in [-0.2, -0.15) is 0 Å². The Labute approximate surface area is 79.3 Å². The van der Waals surface area contributed by atoms with Crippen molar-refractivity contribution < 1.29 is 9.90 Å². The lowest BCUT2D eigenvalue weighted by Crippen LogP contribution is -2.45. The fourth-order valence-corrected chi connectivity index (χ4v) is 2.00. The minimum absolute atomic E-state index is 0.231. The molecular weight excluding hydrogens is 166 g/mol. The number of nitrogens with two attached hydrogens (primary N) is 1. The maximum absolute atomic E-state index is 11.3. The molecule has 0 aromatic heterocycles. The molecule has 2 atom stereocenters. The zero-order valence-corrected chi connectivity index (χ0v) is 8.29. The van der Waals surface area contributed by atoms with Crippen molar-refractivity contribution in [1.29, 1.82) is 0 Å². The fraction of sp³-hybridized carbons (Fsp3) is 0.800. The molecule has 0 aliphatic heterocycles. The van der Waals surface area contributed by atoms with Crippen LogP contribution in [0.4, 0.5) is 0 Å². The van der Waals surface area contributed by atoms with E-state index in [2.05, 4.69) is 0 Å². The van der Waals surface area contributed by atoms with E-state index in [0.29, 0.717) is 19.3 Å². The second kappa shape index (κ2) is 3.66. The van der Waals surface area contributed by atoms with Crippen LogP contribution in [0.2, 0.25) is 0 Å². The molecule has 2 unspecified atom stereocenters. The molecule has 0 bridgehead atoms. The van der Waals surface area contributed by atoms with Gasteiger partial charge in [0.25, 0.3) is 0 Å². The highest BCUT2D eigenvalue weighted by molar-refractivity contribution is 5.81. The van der Waals surface area contributed by atoms with E-state index < -0.39 is 5.41 Å². The summed E-state index contributed by atoms with van der Waals surface area (Å²) in [6.07, 6.45) is 3.42. The number of aliphatic hydroxyl groups is 1. The molecule has 0 aromatic carbocycles. The summed E-state index contributed by atoms with van der Waals surface area (Å²) in [6.45, 7) is 4.02. The van der Waals surface area contributed by atoms with Crippen LogP contribution in [0.3, 0.4) is 0 Å². The van der Waals surface area contributed by atoms with Crippen molar-refractivity contribution in [2.24, 2.45) is 17.1 Å². The molecule has 1 fully saturated rings. The first-order chi connectivity index (χ1) is 5.99. The topological polar surface area (TPSA) is 63.3 Å². The molecule has 1 radical (unpaired) electrons. The lowest BCUT2D eigenvalue weighted by molar-refractivity contribution is -0.132. The molecule has 3 heteroatoms. The molecule has 3 N–H and O–H groups in total. The van der Waals surface area contributed by atoms with Crippen molar-refractivity contribution >= 4 is 5.91 Å². The van der Waals surface area contributed by atoms with Crippen LogP contribution in [0.25, 0.3) is 0 Å². The summed E-state index contributed by atoms with van der Waals surface area (Å²) in [5, 5.41) is 9.30. The summed E-state index contributed by atoms with van der Waals surface area (Å²) in [5.41, 5.74) is 4.99. The molecule has 0 saturated heterocycles. The third kappa shape index (κ3) is 1.85. The van der Waals surface area contributed by atoms with Gasteiger partial charge in [-0.15, -0.1) is 0 Å². The van der Waals surface area contributed by atoms with Crippen LogP contribution in [0.15, 0.2) is 0 Å². The summed E-state index contributed by atoms with van der Waals surface area (Å²) in [6, 6.07) is 0. The van der Waals surface area contributed by atoms with Crippen LogP contribution >= 0.6 is 0 Å². The van der Waals surface area contributed by atoms with E-state index in [4.69, 9.17) is 5.73 Å². The first kappa shape index (κ1) is 10.5. The first-order valence-electron chi connectivity index (χ1n) is 4.80. The van der Waals surface area contributed by atoms with Crippen molar-refractivity contribution in [3.63, 3.8) is 0 Å². The Morgan fingerprint density at radius 3 is 2.62 bits per heavy atom. The van der Waals surface area contributed by atoms with Gasteiger partial charge in [0.1, 0.15) is 0 Å². The van der Waals surface area contributed by atoms with Gasteiger partial charge in [-0.25, -0.2) is 0 Å². The van der Waals surface area contributed by atoms with Crippen molar-refractivity contribution in [3.8, 4) is 0 Å². The Hall–Kier alpha value is -0.570. The minimum atomic E-state index is -0.417. The summed E-state index contributed by atoms with van der Waals surface area (Å²) in [7, 11) is 0. The van der Waals surface area contributed by atoms with E-state index in [1.165, 1.54) is 0 Å². The number of carbonyl (C=O) groups excluding carboxylic acids is 1. The van der Waals surface area contributed by atoms with Gasteiger partial charge in [-0.05, 0) is 31.6 Å². The molecular formula is C10H18NO2. The zero-order valence-electron chi connectivity index (χ0n) is 8.29. The molecule has 0 spiro atoms. The van der Waals surface area contributed by atoms with Crippen LogP contribution in [0.1, 0.15) is 33.1 Å². The lowest BCUT2D eigenvalue weighted by atomic mass is 9.66. The number of amides is 1. The molecule has 13 heavy (non-hydrogen) atoms. The normalized spacial score (nSPS) is 34.9. The van der Waals surface area contributed by atoms with Crippen molar-refractivity contribution in [2.75, 3.05) is 0 Å². The maximum Gasteiger partial charge on any atom is 0.223 e. The summed E-state index contributed by atoms with van der Waals surface area (Å²) in [5.74, 6) is 0.0133. The molecule has 1 aliphatic carbocycles. The molecule has 0 heterocycles. The van der Waals surface area contributed by atoms with Gasteiger partial charge in [-0.3, -0.25) is 4.79 Å². The Bertz CT molecular complexity index is 193. The lowest BCUT2D eigenvalue weighted by Gasteiger charge is -2.39. The second-order valence-corrected chi connectivity index (χ2v) is 4.22. The molecule has 1 aliphatic rings. The zero-order chi connectivity index (χ0) is 10.1. The number of aliphatic hydroxyl groups excluding tert-OH is 1. The number of carbonyl (C=O) groups is 1. The molecule has 3 nitrogen and oxygen atoms in total. The van der Waals surface area contributed by atoms with Gasteiger partial charge in [0, 0.05) is 0 Å². The van der Waals surface area contributed by atoms with Gasteiger partial charge in [0.15, 0.2) is 0 Å². The maximum atomic E-state index is 11.3. The molecule has 1 saturated carbocycles. The van der Waals surface area contributed by atoms with Crippen LogP contribution in [0, 0.1) is 17.8 Å². The first-order valence-corrected chi connectivity index (χ1v) is 4.80.